The predicted octanol–water partition coefficient (Wildman–Crippen LogP) is 14.1. The molecule has 0 aromatic carbocycles. The Balaban J connectivity index is 2.24. The second-order valence-electron chi connectivity index (χ2n) is 13.7. The fourth-order valence-electron chi connectivity index (χ4n) is 6.77. The Morgan fingerprint density at radius 1 is 0.415 bits per heavy atom. The van der Waals surface area contributed by atoms with Crippen molar-refractivity contribution in [2.45, 2.75) is 232 Å². The zero-order valence-electron chi connectivity index (χ0n) is 28.5. The van der Waals surface area contributed by atoms with Crippen LogP contribution in [0.3, 0.4) is 0 Å². The second-order valence-corrected chi connectivity index (χ2v) is 14.4. The molecule has 0 saturated heterocycles. The standard InChI is InChI=1S/C38H77NOS/c1-3-40-41-39-38-36-34-32-30-28-26-24-22-20-18-16-14-12-10-8-6-4-5-7-9-11-13-15-17-19-21-23-25-27-29-31-33-35-37(38)2/h37-39H,3-36H2,1-2H3. The van der Waals surface area contributed by atoms with E-state index in [4.69, 9.17) is 4.18 Å². The van der Waals surface area contributed by atoms with E-state index in [1.807, 2.05) is 0 Å². The van der Waals surface area contributed by atoms with Crippen molar-refractivity contribution in [3.63, 3.8) is 0 Å². The summed E-state index contributed by atoms with van der Waals surface area (Å²) in [5.74, 6) is 0.746. The summed E-state index contributed by atoms with van der Waals surface area (Å²) in [5, 5.41) is 0. The highest BCUT2D eigenvalue weighted by Crippen LogP contribution is 2.22. The van der Waals surface area contributed by atoms with Crippen LogP contribution < -0.4 is 4.72 Å². The van der Waals surface area contributed by atoms with Crippen molar-refractivity contribution >= 4 is 12.2 Å². The molecule has 1 N–H and O–H groups in total. The SMILES string of the molecule is CCOSNC1CCCCCCCCCCCCCCCCCCCCCCCCCCCCCCCCCC1C. The van der Waals surface area contributed by atoms with E-state index < -0.39 is 0 Å². The molecule has 3 heteroatoms. The number of nitrogens with one attached hydrogen (secondary N) is 1. The zero-order chi connectivity index (χ0) is 29.3. The van der Waals surface area contributed by atoms with Gasteiger partial charge < -0.3 is 4.18 Å². The molecule has 1 aliphatic rings. The van der Waals surface area contributed by atoms with Crippen LogP contribution in [-0.2, 0) is 4.18 Å². The van der Waals surface area contributed by atoms with Gasteiger partial charge in [0.15, 0.2) is 0 Å². The third-order valence-corrected chi connectivity index (χ3v) is 10.5. The third kappa shape index (κ3) is 28.8. The molecule has 246 valence electrons. The maximum atomic E-state index is 5.58. The van der Waals surface area contributed by atoms with Crippen molar-refractivity contribution in [2.24, 2.45) is 5.92 Å². The minimum Gasteiger partial charge on any atom is -0.302 e. The van der Waals surface area contributed by atoms with Gasteiger partial charge in [-0.2, -0.15) is 0 Å². The molecule has 0 aromatic heterocycles. The Morgan fingerprint density at radius 2 is 0.659 bits per heavy atom. The summed E-state index contributed by atoms with van der Waals surface area (Å²) < 4.78 is 9.24. The average molecular weight is 596 g/mol. The molecule has 2 nitrogen and oxygen atoms in total. The predicted molar refractivity (Wildman–Crippen MR) is 188 cm³/mol. The molecule has 1 aliphatic carbocycles. The molecule has 0 aromatic rings. The van der Waals surface area contributed by atoms with E-state index in [1.165, 1.54) is 224 Å². The first-order valence-corrected chi connectivity index (χ1v) is 20.1. The molecule has 0 bridgehead atoms. The molecule has 0 spiro atoms. The topological polar surface area (TPSA) is 21.3 Å². The first-order valence-electron chi connectivity index (χ1n) is 19.4. The van der Waals surface area contributed by atoms with Gasteiger partial charge in [-0.3, -0.25) is 0 Å². The molecule has 0 aliphatic heterocycles. The lowest BCUT2D eigenvalue weighted by molar-refractivity contribution is 0.343. The number of rotatable bonds is 4. The molecule has 2 unspecified atom stereocenters. The highest BCUT2D eigenvalue weighted by atomic mass is 32.2. The molecular formula is C38H77NOS. The van der Waals surface area contributed by atoms with E-state index >= 15 is 0 Å². The minimum atomic E-state index is 0.596. The van der Waals surface area contributed by atoms with Gasteiger partial charge in [-0.1, -0.05) is 206 Å². The van der Waals surface area contributed by atoms with Gasteiger partial charge >= 0.3 is 0 Å². The Morgan fingerprint density at radius 3 is 0.927 bits per heavy atom. The third-order valence-electron chi connectivity index (χ3n) is 9.74. The normalized spacial score (nSPS) is 25.9. The molecule has 0 radical (unpaired) electrons. The molecule has 0 heterocycles. The van der Waals surface area contributed by atoms with Crippen LogP contribution in [-0.4, -0.2) is 12.6 Å². The lowest BCUT2D eigenvalue weighted by Crippen LogP contribution is -2.30. The van der Waals surface area contributed by atoms with Crippen LogP contribution in [0.15, 0.2) is 0 Å². The minimum absolute atomic E-state index is 0.596. The van der Waals surface area contributed by atoms with E-state index in [1.54, 1.807) is 0 Å². The maximum absolute atomic E-state index is 5.58. The average Bonchev–Trinajstić information content (AvgIpc) is 2.98. The van der Waals surface area contributed by atoms with Gasteiger partial charge in [0.05, 0.1) is 18.8 Å². The van der Waals surface area contributed by atoms with Gasteiger partial charge in [0.25, 0.3) is 0 Å². The monoisotopic (exact) mass is 596 g/mol. The van der Waals surface area contributed by atoms with Gasteiger partial charge in [-0.25, -0.2) is 4.72 Å². The van der Waals surface area contributed by atoms with Crippen LogP contribution in [0.5, 0.6) is 0 Å². The largest absolute Gasteiger partial charge is 0.302 e. The molecule has 1 fully saturated rings. The Kier molecular flexibility index (Phi) is 31.8. The quantitative estimate of drug-likeness (QED) is 0.198. The number of hydrogen-bond acceptors (Lipinski definition) is 3. The van der Waals surface area contributed by atoms with Crippen LogP contribution in [0.1, 0.15) is 226 Å². The molecule has 1 rings (SSSR count). The molecular weight excluding hydrogens is 518 g/mol. The van der Waals surface area contributed by atoms with E-state index in [0.29, 0.717) is 6.04 Å². The van der Waals surface area contributed by atoms with Crippen molar-refractivity contribution in [3.05, 3.63) is 0 Å². The van der Waals surface area contributed by atoms with Gasteiger partial charge in [0, 0.05) is 6.04 Å². The summed E-state index contributed by atoms with van der Waals surface area (Å²) in [6, 6.07) is 0.596. The van der Waals surface area contributed by atoms with Gasteiger partial charge in [-0.15, -0.1) is 0 Å². The van der Waals surface area contributed by atoms with Gasteiger partial charge in [-0.05, 0) is 25.7 Å². The van der Waals surface area contributed by atoms with Crippen molar-refractivity contribution in [3.8, 4) is 0 Å². The Hall–Kier alpha value is 0.270. The van der Waals surface area contributed by atoms with E-state index in [9.17, 15) is 0 Å². The van der Waals surface area contributed by atoms with Crippen molar-refractivity contribution in [1.29, 1.82) is 0 Å². The van der Waals surface area contributed by atoms with E-state index in [2.05, 4.69) is 18.6 Å². The summed E-state index contributed by atoms with van der Waals surface area (Å²) in [5.41, 5.74) is 0. The first-order chi connectivity index (χ1) is 20.3. The smallest absolute Gasteiger partial charge is 0.0791 e. The summed E-state index contributed by atoms with van der Waals surface area (Å²) in [6.45, 7) is 5.33. The highest BCUT2D eigenvalue weighted by molar-refractivity contribution is 7.92. The summed E-state index contributed by atoms with van der Waals surface area (Å²) in [4.78, 5) is 0. The molecule has 1 saturated carbocycles. The molecule has 2 atom stereocenters. The Labute approximate surface area is 264 Å². The van der Waals surface area contributed by atoms with Gasteiger partial charge in [0.2, 0.25) is 0 Å². The van der Waals surface area contributed by atoms with Crippen molar-refractivity contribution in [1.82, 2.24) is 4.72 Å². The number of hydrogen-bond donors (Lipinski definition) is 1. The van der Waals surface area contributed by atoms with Crippen LogP contribution in [0, 0.1) is 5.92 Å². The van der Waals surface area contributed by atoms with E-state index in [0.717, 1.165) is 12.5 Å². The lowest BCUT2D eigenvalue weighted by Gasteiger charge is -2.24. The summed E-state index contributed by atoms with van der Waals surface area (Å²) in [7, 11) is 0. The molecule has 0 amide bonds. The fraction of sp³-hybridized carbons (Fsp3) is 1.00. The van der Waals surface area contributed by atoms with Gasteiger partial charge in [0.1, 0.15) is 0 Å². The van der Waals surface area contributed by atoms with Crippen LogP contribution in [0.2, 0.25) is 0 Å². The second kappa shape index (κ2) is 33.2. The maximum Gasteiger partial charge on any atom is 0.0791 e. The summed E-state index contributed by atoms with van der Waals surface area (Å²) in [6.07, 6.45) is 48.1. The van der Waals surface area contributed by atoms with E-state index in [-0.39, 0.29) is 0 Å². The van der Waals surface area contributed by atoms with Crippen molar-refractivity contribution < 1.29 is 4.18 Å². The molecule has 41 heavy (non-hydrogen) atoms. The lowest BCUT2D eigenvalue weighted by atomic mass is 9.91. The van der Waals surface area contributed by atoms with Crippen molar-refractivity contribution in [2.75, 3.05) is 6.61 Å². The van der Waals surface area contributed by atoms with Crippen LogP contribution >= 0.6 is 12.2 Å². The zero-order valence-corrected chi connectivity index (χ0v) is 29.3. The van der Waals surface area contributed by atoms with Crippen LogP contribution in [0.4, 0.5) is 0 Å². The fourth-order valence-corrected chi connectivity index (χ4v) is 7.43. The van der Waals surface area contributed by atoms with Crippen LogP contribution in [0.25, 0.3) is 0 Å². The highest BCUT2D eigenvalue weighted by Gasteiger charge is 2.17. The summed E-state index contributed by atoms with van der Waals surface area (Å²) >= 11 is 1.49. The first kappa shape index (κ1) is 39.3. The Bertz CT molecular complexity index is 487.